The number of likely N-dealkylation sites (tertiary alicyclic amines) is 1. The van der Waals surface area contributed by atoms with Gasteiger partial charge in [0.25, 0.3) is 0 Å². The molecule has 0 aromatic heterocycles. The Morgan fingerprint density at radius 1 is 1.29 bits per heavy atom. The molecule has 1 aromatic carbocycles. The average Bonchev–Trinajstić information content (AvgIpc) is 2.19. The van der Waals surface area contributed by atoms with E-state index in [1.807, 2.05) is 0 Å². The van der Waals surface area contributed by atoms with Crippen LogP contribution >= 0.6 is 0 Å². The molecule has 1 aromatic rings. The Labute approximate surface area is 86.7 Å². The summed E-state index contributed by atoms with van der Waals surface area (Å²) >= 11 is 0. The third kappa shape index (κ3) is 2.58. The highest BCUT2D eigenvalue weighted by atomic mass is 15.1. The highest BCUT2D eigenvalue weighted by Gasteiger charge is 2.17. The molecule has 1 unspecified atom stereocenters. The minimum atomic E-state index is 0.746. The number of benzene rings is 1. The van der Waals surface area contributed by atoms with E-state index in [4.69, 9.17) is 0 Å². The van der Waals surface area contributed by atoms with Gasteiger partial charge >= 0.3 is 0 Å². The van der Waals surface area contributed by atoms with Crippen LogP contribution in [-0.4, -0.2) is 25.0 Å². The molecule has 1 heterocycles. The molecular formula is C13H18N. The molecule has 1 fully saturated rings. The van der Waals surface area contributed by atoms with Crippen LogP contribution in [-0.2, 0) is 0 Å². The zero-order valence-electron chi connectivity index (χ0n) is 8.82. The Morgan fingerprint density at radius 2 is 2.07 bits per heavy atom. The fourth-order valence-corrected chi connectivity index (χ4v) is 2.18. The highest BCUT2D eigenvalue weighted by Crippen LogP contribution is 2.21. The first-order chi connectivity index (χ1) is 6.84. The smallest absolute Gasteiger partial charge is 0.00127 e. The van der Waals surface area contributed by atoms with E-state index in [2.05, 4.69) is 48.7 Å². The van der Waals surface area contributed by atoms with E-state index < -0.39 is 0 Å². The van der Waals surface area contributed by atoms with E-state index in [0.29, 0.717) is 0 Å². The number of rotatable bonds is 2. The summed E-state index contributed by atoms with van der Waals surface area (Å²) in [6.07, 6.45) is 5.10. The minimum Gasteiger partial charge on any atom is -0.306 e. The van der Waals surface area contributed by atoms with Crippen molar-refractivity contribution in [2.45, 2.75) is 12.8 Å². The summed E-state index contributed by atoms with van der Waals surface area (Å²) in [7, 11) is 2.21. The molecule has 0 saturated carbocycles. The summed E-state index contributed by atoms with van der Waals surface area (Å²) < 4.78 is 0. The van der Waals surface area contributed by atoms with Crippen molar-refractivity contribution in [3.63, 3.8) is 0 Å². The van der Waals surface area contributed by atoms with Crippen LogP contribution in [0.5, 0.6) is 0 Å². The molecule has 1 nitrogen and oxygen atoms in total. The summed E-state index contributed by atoms with van der Waals surface area (Å²) in [5, 5.41) is 0. The molecule has 0 amide bonds. The van der Waals surface area contributed by atoms with E-state index >= 15 is 0 Å². The van der Waals surface area contributed by atoms with Gasteiger partial charge in [-0.1, -0.05) is 30.3 Å². The molecule has 1 saturated heterocycles. The topological polar surface area (TPSA) is 3.24 Å². The first-order valence-corrected chi connectivity index (χ1v) is 5.43. The van der Waals surface area contributed by atoms with Crippen LogP contribution in [0.25, 0.3) is 0 Å². The molecule has 0 bridgehead atoms. The van der Waals surface area contributed by atoms with E-state index in [1.54, 1.807) is 0 Å². The van der Waals surface area contributed by atoms with Gasteiger partial charge in [0.1, 0.15) is 0 Å². The molecule has 1 aliphatic rings. The Morgan fingerprint density at radius 3 is 2.79 bits per heavy atom. The molecule has 0 aliphatic carbocycles. The van der Waals surface area contributed by atoms with Crippen molar-refractivity contribution in [2.24, 2.45) is 5.92 Å². The van der Waals surface area contributed by atoms with Crippen molar-refractivity contribution in [3.8, 4) is 0 Å². The van der Waals surface area contributed by atoms with E-state index in [1.165, 1.54) is 31.5 Å². The quantitative estimate of drug-likeness (QED) is 0.689. The maximum Gasteiger partial charge on any atom is 0.00127 e. The fraction of sp³-hybridized carbons (Fsp3) is 0.462. The summed E-state index contributed by atoms with van der Waals surface area (Å²) in [5.41, 5.74) is 1.37. The second kappa shape index (κ2) is 4.61. The standard InChI is InChI=1S/C13H18N/c1-14-9-5-8-13(11-14)10-12-6-3-2-4-7-12/h2-4,6-7,10,13H,5,8-9,11H2,1H3. The molecule has 1 heteroatoms. The minimum absolute atomic E-state index is 0.746. The number of piperidine rings is 1. The van der Waals surface area contributed by atoms with Crippen LogP contribution in [0.4, 0.5) is 0 Å². The summed E-state index contributed by atoms with van der Waals surface area (Å²) in [5.74, 6) is 0.746. The van der Waals surface area contributed by atoms with E-state index in [-0.39, 0.29) is 0 Å². The average molecular weight is 188 g/mol. The zero-order chi connectivity index (χ0) is 9.80. The molecule has 75 valence electrons. The summed E-state index contributed by atoms with van der Waals surface area (Å²) in [4.78, 5) is 2.42. The molecule has 1 atom stereocenters. The maximum atomic E-state index is 2.42. The van der Waals surface area contributed by atoms with Gasteiger partial charge in [0.05, 0.1) is 0 Å². The second-order valence-corrected chi connectivity index (χ2v) is 4.24. The van der Waals surface area contributed by atoms with Crippen LogP contribution in [0, 0.1) is 12.3 Å². The Kier molecular flexibility index (Phi) is 3.20. The van der Waals surface area contributed by atoms with Gasteiger partial charge in [-0.3, -0.25) is 0 Å². The van der Waals surface area contributed by atoms with E-state index in [9.17, 15) is 0 Å². The molecule has 1 radical (unpaired) electrons. The van der Waals surface area contributed by atoms with Gasteiger partial charge in [0.2, 0.25) is 0 Å². The highest BCUT2D eigenvalue weighted by molar-refractivity contribution is 5.23. The number of hydrogen-bond donors (Lipinski definition) is 0. The Hall–Kier alpha value is -0.820. The van der Waals surface area contributed by atoms with Crippen LogP contribution < -0.4 is 0 Å². The molecule has 0 N–H and O–H groups in total. The van der Waals surface area contributed by atoms with E-state index in [0.717, 1.165) is 5.92 Å². The van der Waals surface area contributed by atoms with Crippen LogP contribution in [0.3, 0.4) is 0 Å². The maximum absolute atomic E-state index is 2.42. The van der Waals surface area contributed by atoms with Gasteiger partial charge in [0.15, 0.2) is 0 Å². The van der Waals surface area contributed by atoms with Crippen molar-refractivity contribution in [1.82, 2.24) is 4.90 Å². The second-order valence-electron chi connectivity index (χ2n) is 4.24. The molecular weight excluding hydrogens is 170 g/mol. The largest absolute Gasteiger partial charge is 0.306 e. The zero-order valence-corrected chi connectivity index (χ0v) is 8.82. The van der Waals surface area contributed by atoms with Gasteiger partial charge in [-0.25, -0.2) is 0 Å². The Balaban J connectivity index is 1.91. The lowest BCUT2D eigenvalue weighted by atomic mass is 9.92. The first kappa shape index (κ1) is 9.72. The van der Waals surface area contributed by atoms with Crippen molar-refractivity contribution < 1.29 is 0 Å². The van der Waals surface area contributed by atoms with Crippen LogP contribution in [0.2, 0.25) is 0 Å². The monoisotopic (exact) mass is 188 g/mol. The van der Waals surface area contributed by atoms with Gasteiger partial charge in [-0.2, -0.15) is 0 Å². The van der Waals surface area contributed by atoms with Crippen LogP contribution in [0.15, 0.2) is 30.3 Å². The predicted molar refractivity (Wildman–Crippen MR) is 60.1 cm³/mol. The SMILES string of the molecule is CN1CCCC([CH]c2ccccc2)C1. The van der Waals surface area contributed by atoms with Gasteiger partial charge < -0.3 is 4.90 Å². The van der Waals surface area contributed by atoms with Crippen LogP contribution in [0.1, 0.15) is 18.4 Å². The summed E-state index contributed by atoms with van der Waals surface area (Å²) in [6.45, 7) is 2.48. The predicted octanol–water partition coefficient (Wildman–Crippen LogP) is 2.58. The third-order valence-corrected chi connectivity index (χ3v) is 2.89. The Bertz CT molecular complexity index is 268. The summed E-state index contributed by atoms with van der Waals surface area (Å²) in [6, 6.07) is 10.7. The van der Waals surface area contributed by atoms with Crippen molar-refractivity contribution in [2.75, 3.05) is 20.1 Å². The molecule has 0 spiro atoms. The first-order valence-electron chi connectivity index (χ1n) is 5.43. The van der Waals surface area contributed by atoms with Gasteiger partial charge in [-0.05, 0) is 44.3 Å². The molecule has 2 rings (SSSR count). The molecule has 1 aliphatic heterocycles. The number of nitrogens with zero attached hydrogens (tertiary/aromatic N) is 1. The van der Waals surface area contributed by atoms with Crippen molar-refractivity contribution in [3.05, 3.63) is 42.3 Å². The number of hydrogen-bond acceptors (Lipinski definition) is 1. The normalized spacial score (nSPS) is 23.6. The van der Waals surface area contributed by atoms with Gasteiger partial charge in [-0.15, -0.1) is 0 Å². The lowest BCUT2D eigenvalue weighted by Gasteiger charge is -2.29. The lowest BCUT2D eigenvalue weighted by Crippen LogP contribution is -2.32. The van der Waals surface area contributed by atoms with Crippen molar-refractivity contribution >= 4 is 0 Å². The van der Waals surface area contributed by atoms with Crippen molar-refractivity contribution in [1.29, 1.82) is 0 Å². The lowest BCUT2D eigenvalue weighted by molar-refractivity contribution is 0.230. The van der Waals surface area contributed by atoms with Gasteiger partial charge in [0, 0.05) is 6.54 Å². The fourth-order valence-electron chi connectivity index (χ4n) is 2.18. The molecule has 14 heavy (non-hydrogen) atoms. The third-order valence-electron chi connectivity index (χ3n) is 2.89.